The van der Waals surface area contributed by atoms with Gasteiger partial charge in [-0.1, -0.05) is 12.1 Å². The summed E-state index contributed by atoms with van der Waals surface area (Å²) >= 11 is 0. The Hall–Kier alpha value is -1.47. The fraction of sp³-hybridized carbons (Fsp3) is 0.500. The third-order valence-electron chi connectivity index (χ3n) is 3.47. The lowest BCUT2D eigenvalue weighted by Crippen LogP contribution is -2.34. The highest BCUT2D eigenvalue weighted by atomic mass is 32.2. The number of nitrogens with zero attached hydrogens (tertiary/aromatic N) is 1. The van der Waals surface area contributed by atoms with Crippen LogP contribution in [0.1, 0.15) is 30.9 Å². The quantitative estimate of drug-likeness (QED) is 0.894. The van der Waals surface area contributed by atoms with E-state index in [1.165, 1.54) is 24.3 Å². The Morgan fingerprint density at radius 1 is 1.29 bits per heavy atom. The van der Waals surface area contributed by atoms with Gasteiger partial charge in [0.1, 0.15) is 5.82 Å². The van der Waals surface area contributed by atoms with E-state index in [9.17, 15) is 17.6 Å². The first-order chi connectivity index (χ1) is 9.85. The van der Waals surface area contributed by atoms with Crippen molar-refractivity contribution in [2.45, 2.75) is 25.3 Å². The average molecular weight is 314 g/mol. The maximum Gasteiger partial charge on any atom is 0.224 e. The van der Waals surface area contributed by atoms with Crippen molar-refractivity contribution >= 4 is 15.9 Å². The molecule has 0 bridgehead atoms. The number of carbonyl (C=O) groups excluding carboxylic acids is 1. The van der Waals surface area contributed by atoms with Crippen LogP contribution < -0.4 is 4.72 Å². The fourth-order valence-electron chi connectivity index (χ4n) is 2.45. The number of nitrogens with one attached hydrogen (secondary N) is 1. The van der Waals surface area contributed by atoms with E-state index in [4.69, 9.17) is 0 Å². The minimum Gasteiger partial charge on any atom is -0.343 e. The van der Waals surface area contributed by atoms with E-state index < -0.39 is 21.9 Å². The molecular formula is C14H19FN2O3S. The van der Waals surface area contributed by atoms with E-state index in [1.807, 2.05) is 0 Å². The van der Waals surface area contributed by atoms with Crippen molar-refractivity contribution in [3.63, 3.8) is 0 Å². The monoisotopic (exact) mass is 314 g/mol. The van der Waals surface area contributed by atoms with Gasteiger partial charge in [0, 0.05) is 19.5 Å². The van der Waals surface area contributed by atoms with E-state index in [-0.39, 0.29) is 12.3 Å². The molecule has 1 N–H and O–H groups in total. The van der Waals surface area contributed by atoms with E-state index >= 15 is 0 Å². The number of sulfonamides is 1. The van der Waals surface area contributed by atoms with Crippen LogP contribution in [0.4, 0.5) is 4.39 Å². The summed E-state index contributed by atoms with van der Waals surface area (Å²) in [5, 5.41) is 0. The Morgan fingerprint density at radius 3 is 2.38 bits per heavy atom. The SMILES string of the molecule is CS(=O)(=O)N[C@H](CC(=O)N1CCCC1)c1ccc(F)cc1. The second-order valence-corrected chi connectivity index (χ2v) is 7.07. The van der Waals surface area contributed by atoms with Crippen molar-refractivity contribution in [1.82, 2.24) is 9.62 Å². The van der Waals surface area contributed by atoms with Crippen LogP contribution in [-0.4, -0.2) is 38.6 Å². The lowest BCUT2D eigenvalue weighted by molar-refractivity contribution is -0.130. The van der Waals surface area contributed by atoms with Gasteiger partial charge in [-0.2, -0.15) is 0 Å². The Kier molecular flexibility index (Phi) is 4.95. The van der Waals surface area contributed by atoms with Gasteiger partial charge in [-0.05, 0) is 30.5 Å². The number of rotatable bonds is 5. The number of hydrogen-bond acceptors (Lipinski definition) is 3. The van der Waals surface area contributed by atoms with Gasteiger partial charge >= 0.3 is 0 Å². The summed E-state index contributed by atoms with van der Waals surface area (Å²) in [6, 6.07) is 4.83. The molecule has 5 nitrogen and oxygen atoms in total. The highest BCUT2D eigenvalue weighted by Crippen LogP contribution is 2.21. The van der Waals surface area contributed by atoms with E-state index in [2.05, 4.69) is 4.72 Å². The number of benzene rings is 1. The number of amides is 1. The third kappa shape index (κ3) is 4.78. The van der Waals surface area contributed by atoms with Gasteiger partial charge in [-0.25, -0.2) is 17.5 Å². The molecular weight excluding hydrogens is 295 g/mol. The molecule has 116 valence electrons. The van der Waals surface area contributed by atoms with Crippen molar-refractivity contribution in [3.05, 3.63) is 35.6 Å². The zero-order chi connectivity index (χ0) is 15.5. The summed E-state index contributed by atoms with van der Waals surface area (Å²) in [7, 11) is -3.47. The van der Waals surface area contributed by atoms with Crippen LogP contribution in [0.2, 0.25) is 0 Å². The maximum absolute atomic E-state index is 13.0. The van der Waals surface area contributed by atoms with Crippen molar-refractivity contribution in [2.24, 2.45) is 0 Å². The standard InChI is InChI=1S/C14H19FN2O3S/c1-21(19,20)16-13(11-4-6-12(15)7-5-11)10-14(18)17-8-2-3-9-17/h4-7,13,16H,2-3,8-10H2,1H3/t13-/m1/s1. The second kappa shape index (κ2) is 6.53. The summed E-state index contributed by atoms with van der Waals surface area (Å²) < 4.78 is 38.4. The predicted molar refractivity (Wildman–Crippen MR) is 77.6 cm³/mol. The molecule has 0 unspecified atom stereocenters. The van der Waals surface area contributed by atoms with Crippen LogP contribution in [0.3, 0.4) is 0 Å². The number of carbonyl (C=O) groups is 1. The molecule has 2 rings (SSSR count). The molecule has 1 fully saturated rings. The van der Waals surface area contributed by atoms with Crippen LogP contribution in [0.15, 0.2) is 24.3 Å². The molecule has 21 heavy (non-hydrogen) atoms. The molecule has 1 aromatic rings. The lowest BCUT2D eigenvalue weighted by Gasteiger charge is -2.21. The first-order valence-corrected chi connectivity index (χ1v) is 8.75. The van der Waals surface area contributed by atoms with Gasteiger partial charge in [0.25, 0.3) is 0 Å². The topological polar surface area (TPSA) is 66.5 Å². The fourth-order valence-corrected chi connectivity index (χ4v) is 3.19. The van der Waals surface area contributed by atoms with Gasteiger partial charge in [0.2, 0.25) is 15.9 Å². The largest absolute Gasteiger partial charge is 0.343 e. The van der Waals surface area contributed by atoms with Gasteiger partial charge < -0.3 is 4.90 Å². The molecule has 0 spiro atoms. The van der Waals surface area contributed by atoms with Crippen LogP contribution in [0.25, 0.3) is 0 Å². The van der Waals surface area contributed by atoms with Crippen LogP contribution in [0.5, 0.6) is 0 Å². The molecule has 0 radical (unpaired) electrons. The van der Waals surface area contributed by atoms with Gasteiger partial charge in [-0.3, -0.25) is 4.79 Å². The smallest absolute Gasteiger partial charge is 0.224 e. The van der Waals surface area contributed by atoms with Crippen molar-refractivity contribution in [2.75, 3.05) is 19.3 Å². The summed E-state index contributed by atoms with van der Waals surface area (Å²) in [4.78, 5) is 13.9. The summed E-state index contributed by atoms with van der Waals surface area (Å²) in [6.07, 6.45) is 3.04. The highest BCUT2D eigenvalue weighted by Gasteiger charge is 2.24. The van der Waals surface area contributed by atoms with Crippen LogP contribution in [0, 0.1) is 5.82 Å². The van der Waals surface area contributed by atoms with Crippen LogP contribution >= 0.6 is 0 Å². The van der Waals surface area contributed by atoms with Gasteiger partial charge in [0.15, 0.2) is 0 Å². The Morgan fingerprint density at radius 2 is 1.86 bits per heavy atom. The normalized spacial score (nSPS) is 17.0. The molecule has 0 aliphatic carbocycles. The summed E-state index contributed by atoms with van der Waals surface area (Å²) in [6.45, 7) is 1.43. The van der Waals surface area contributed by atoms with E-state index in [0.29, 0.717) is 18.7 Å². The van der Waals surface area contributed by atoms with Crippen molar-refractivity contribution in [1.29, 1.82) is 0 Å². The molecule has 1 saturated heterocycles. The molecule has 1 atom stereocenters. The first-order valence-electron chi connectivity index (χ1n) is 6.86. The maximum atomic E-state index is 13.0. The van der Waals surface area contributed by atoms with E-state index in [0.717, 1.165) is 19.1 Å². The lowest BCUT2D eigenvalue weighted by atomic mass is 10.0. The number of halogens is 1. The Bertz CT molecular complexity index is 595. The molecule has 1 heterocycles. The molecule has 1 amide bonds. The van der Waals surface area contributed by atoms with Gasteiger partial charge in [-0.15, -0.1) is 0 Å². The summed E-state index contributed by atoms with van der Waals surface area (Å²) in [5.41, 5.74) is 0.578. The molecule has 0 saturated carbocycles. The minimum atomic E-state index is -3.47. The molecule has 7 heteroatoms. The highest BCUT2D eigenvalue weighted by molar-refractivity contribution is 7.88. The van der Waals surface area contributed by atoms with Crippen molar-refractivity contribution in [3.8, 4) is 0 Å². The van der Waals surface area contributed by atoms with Crippen molar-refractivity contribution < 1.29 is 17.6 Å². The summed E-state index contributed by atoms with van der Waals surface area (Å²) in [5.74, 6) is -0.485. The molecule has 1 aliphatic rings. The average Bonchev–Trinajstić information content (AvgIpc) is 2.91. The molecule has 0 aromatic heterocycles. The number of hydrogen-bond donors (Lipinski definition) is 1. The predicted octanol–water partition coefficient (Wildman–Crippen LogP) is 1.43. The van der Waals surface area contributed by atoms with Gasteiger partial charge in [0.05, 0.1) is 12.3 Å². The second-order valence-electron chi connectivity index (χ2n) is 5.29. The van der Waals surface area contributed by atoms with Crippen LogP contribution in [-0.2, 0) is 14.8 Å². The Balaban J connectivity index is 2.15. The minimum absolute atomic E-state index is 0.0404. The zero-order valence-electron chi connectivity index (χ0n) is 11.9. The molecule has 1 aromatic carbocycles. The Labute approximate surface area is 124 Å². The third-order valence-corrected chi connectivity index (χ3v) is 4.18. The van der Waals surface area contributed by atoms with E-state index in [1.54, 1.807) is 4.90 Å². The zero-order valence-corrected chi connectivity index (χ0v) is 12.7. The number of likely N-dealkylation sites (tertiary alicyclic amines) is 1. The molecule has 1 aliphatic heterocycles. The first kappa shape index (κ1) is 15.9.